The fourth-order valence-electron chi connectivity index (χ4n) is 3.48. The van der Waals surface area contributed by atoms with Crippen LogP contribution in [-0.2, 0) is 13.6 Å². The van der Waals surface area contributed by atoms with E-state index in [4.69, 9.17) is 16.3 Å². The molecule has 4 nitrogen and oxygen atoms in total. The fraction of sp³-hybridized carbons (Fsp3) is 0.538. The summed E-state index contributed by atoms with van der Waals surface area (Å²) in [7, 11) is 1.92. The molecule has 32 heavy (non-hydrogen) atoms. The van der Waals surface area contributed by atoms with E-state index in [-0.39, 0.29) is 29.9 Å². The number of carbonyl (C=O) groups is 1. The number of nitrogens with zero attached hydrogens (tertiary/aromatic N) is 1. The molecule has 0 bridgehead atoms. The van der Waals surface area contributed by atoms with E-state index in [0.29, 0.717) is 29.5 Å². The highest BCUT2D eigenvalue weighted by molar-refractivity contribution is 6.32. The normalized spacial score (nSPS) is 10.5. The van der Waals surface area contributed by atoms with Gasteiger partial charge in [-0.3, -0.25) is 4.79 Å². The van der Waals surface area contributed by atoms with Gasteiger partial charge in [0.15, 0.2) is 12.4 Å². The van der Waals surface area contributed by atoms with Crippen LogP contribution in [0.1, 0.15) is 87.1 Å². The van der Waals surface area contributed by atoms with Crippen LogP contribution in [0.3, 0.4) is 0 Å². The summed E-state index contributed by atoms with van der Waals surface area (Å²) in [6.45, 7) is 3.38. The quantitative estimate of drug-likeness (QED) is 0.202. The minimum absolute atomic E-state index is 0. The number of unbranched alkanes of at least 4 members (excludes halogenated alkanes) is 9. The van der Waals surface area contributed by atoms with E-state index in [1.807, 2.05) is 42.2 Å². The second kappa shape index (κ2) is 17.2. The Bertz CT molecular complexity index is 784. The van der Waals surface area contributed by atoms with Gasteiger partial charge in [-0.1, -0.05) is 82.4 Å². The summed E-state index contributed by atoms with van der Waals surface area (Å²) in [6, 6.07) is 9.30. The van der Waals surface area contributed by atoms with Gasteiger partial charge in [0.05, 0.1) is 17.2 Å². The highest BCUT2D eigenvalue weighted by Gasteiger charge is 2.08. The number of nitrogens with one attached hydrogen (secondary N) is 1. The average molecular weight is 573 g/mol. The number of hydrogen-bond acceptors (Lipinski definition) is 2. The lowest BCUT2D eigenvalue weighted by Gasteiger charge is -2.10. The summed E-state index contributed by atoms with van der Waals surface area (Å²) in [5.41, 5.74) is 1.59. The molecular formula is C26H38ClIN2O2. The maximum atomic E-state index is 12.2. The molecule has 0 radical (unpaired) electrons. The van der Waals surface area contributed by atoms with Crippen molar-refractivity contribution in [2.24, 2.45) is 7.05 Å². The van der Waals surface area contributed by atoms with Gasteiger partial charge >= 0.3 is 0 Å². The van der Waals surface area contributed by atoms with Gasteiger partial charge in [-0.15, -0.1) is 0 Å². The number of pyridine rings is 1. The predicted octanol–water partition coefficient (Wildman–Crippen LogP) is 3.40. The Balaban J connectivity index is 0.00000512. The smallest absolute Gasteiger partial charge is 0.252 e. The van der Waals surface area contributed by atoms with Crippen molar-refractivity contribution in [3.63, 3.8) is 0 Å². The third-order valence-corrected chi connectivity index (χ3v) is 5.74. The molecule has 0 aliphatic carbocycles. The number of benzene rings is 1. The SMILES string of the molecule is CCCCCCCCCCCCOc1ccc(CNC(=O)c2cc[n+](C)cc2)cc1Cl.[I-]. The minimum Gasteiger partial charge on any atom is -1.00 e. The van der Waals surface area contributed by atoms with E-state index in [1.54, 1.807) is 12.1 Å². The van der Waals surface area contributed by atoms with Gasteiger partial charge < -0.3 is 34.0 Å². The van der Waals surface area contributed by atoms with Crippen LogP contribution in [0.25, 0.3) is 0 Å². The summed E-state index contributed by atoms with van der Waals surface area (Å²) in [4.78, 5) is 12.2. The van der Waals surface area contributed by atoms with Gasteiger partial charge in [0.2, 0.25) is 0 Å². The first kappa shape index (κ1) is 28.7. The monoisotopic (exact) mass is 572 g/mol. The molecule has 0 aliphatic heterocycles. The number of halogens is 2. The standard InChI is InChI=1S/C26H37ClN2O2.HI/c1-3-4-5-6-7-8-9-10-11-12-19-31-25-14-13-22(20-24(25)27)21-28-26(30)23-15-17-29(2)18-16-23;/h13-18,20H,3-12,19,21H2,1-2H3;1H. The number of aryl methyl sites for hydroxylation is 1. The summed E-state index contributed by atoms with van der Waals surface area (Å²) in [5, 5.41) is 3.51. The molecule has 178 valence electrons. The highest BCUT2D eigenvalue weighted by Crippen LogP contribution is 2.26. The Morgan fingerprint density at radius 3 is 2.12 bits per heavy atom. The van der Waals surface area contributed by atoms with E-state index < -0.39 is 0 Å². The summed E-state index contributed by atoms with van der Waals surface area (Å²) >= 11 is 6.37. The van der Waals surface area contributed by atoms with Gasteiger partial charge in [0.25, 0.3) is 5.91 Å². The van der Waals surface area contributed by atoms with E-state index in [1.165, 1.54) is 57.8 Å². The molecule has 6 heteroatoms. The lowest BCUT2D eigenvalue weighted by Crippen LogP contribution is -3.00. The zero-order valence-electron chi connectivity index (χ0n) is 19.5. The molecule has 0 saturated heterocycles. The number of amides is 1. The largest absolute Gasteiger partial charge is 1.00 e. The van der Waals surface area contributed by atoms with Crippen molar-refractivity contribution in [2.75, 3.05) is 6.61 Å². The number of hydrogen-bond donors (Lipinski definition) is 1. The van der Waals surface area contributed by atoms with Gasteiger partial charge in [0.1, 0.15) is 12.8 Å². The maximum absolute atomic E-state index is 12.2. The lowest BCUT2D eigenvalue weighted by atomic mass is 10.1. The van der Waals surface area contributed by atoms with Crippen molar-refractivity contribution in [3.05, 3.63) is 58.9 Å². The molecule has 1 aromatic heterocycles. The molecule has 0 unspecified atom stereocenters. The molecule has 0 fully saturated rings. The molecule has 0 saturated carbocycles. The second-order valence-electron chi connectivity index (χ2n) is 8.23. The van der Waals surface area contributed by atoms with Crippen LogP contribution in [0, 0.1) is 0 Å². The zero-order valence-corrected chi connectivity index (χ0v) is 22.5. The van der Waals surface area contributed by atoms with Gasteiger partial charge in [-0.2, -0.15) is 0 Å². The Labute approximate surface area is 216 Å². The van der Waals surface area contributed by atoms with E-state index in [9.17, 15) is 4.79 Å². The van der Waals surface area contributed by atoms with E-state index in [0.717, 1.165) is 12.0 Å². The first-order valence-electron chi connectivity index (χ1n) is 11.7. The highest BCUT2D eigenvalue weighted by atomic mass is 127. The third kappa shape index (κ3) is 11.5. The minimum atomic E-state index is -0.0991. The van der Waals surface area contributed by atoms with Crippen molar-refractivity contribution in [1.29, 1.82) is 0 Å². The van der Waals surface area contributed by atoms with Crippen molar-refractivity contribution in [1.82, 2.24) is 5.32 Å². The van der Waals surface area contributed by atoms with E-state index in [2.05, 4.69) is 12.2 Å². The van der Waals surface area contributed by atoms with Gasteiger partial charge in [-0.05, 0) is 24.1 Å². The molecule has 1 amide bonds. The summed E-state index contributed by atoms with van der Waals surface area (Å²) in [6.07, 6.45) is 16.8. The molecule has 0 spiro atoms. The van der Waals surface area contributed by atoms with Crippen LogP contribution < -0.4 is 38.6 Å². The van der Waals surface area contributed by atoms with Crippen molar-refractivity contribution < 1.29 is 38.1 Å². The predicted molar refractivity (Wildman–Crippen MR) is 128 cm³/mol. The molecule has 1 heterocycles. The number of rotatable bonds is 15. The molecule has 0 atom stereocenters. The zero-order chi connectivity index (χ0) is 22.3. The van der Waals surface area contributed by atoms with Crippen LogP contribution in [-0.4, -0.2) is 12.5 Å². The Morgan fingerprint density at radius 2 is 1.53 bits per heavy atom. The molecule has 0 aliphatic rings. The maximum Gasteiger partial charge on any atom is 0.252 e. The Kier molecular flexibility index (Phi) is 15.4. The van der Waals surface area contributed by atoms with Crippen LogP contribution in [0.15, 0.2) is 42.7 Å². The van der Waals surface area contributed by atoms with Crippen molar-refractivity contribution in [3.8, 4) is 5.75 Å². The molecule has 2 aromatic rings. The van der Waals surface area contributed by atoms with Crippen molar-refractivity contribution in [2.45, 2.75) is 77.7 Å². The van der Waals surface area contributed by atoms with Crippen molar-refractivity contribution >= 4 is 17.5 Å². The lowest BCUT2D eigenvalue weighted by molar-refractivity contribution is -0.671. The van der Waals surface area contributed by atoms with Gasteiger partial charge in [0, 0.05) is 18.7 Å². The summed E-state index contributed by atoms with van der Waals surface area (Å²) in [5.74, 6) is 0.612. The second-order valence-corrected chi connectivity index (χ2v) is 8.64. The fourth-order valence-corrected chi connectivity index (χ4v) is 3.74. The third-order valence-electron chi connectivity index (χ3n) is 5.45. The number of aromatic nitrogens is 1. The first-order valence-corrected chi connectivity index (χ1v) is 12.1. The number of carbonyl (C=O) groups excluding carboxylic acids is 1. The topological polar surface area (TPSA) is 42.2 Å². The molecule has 1 aromatic carbocycles. The molecular weight excluding hydrogens is 535 g/mol. The average Bonchev–Trinajstić information content (AvgIpc) is 2.77. The van der Waals surface area contributed by atoms with Crippen LogP contribution in [0.4, 0.5) is 0 Å². The Hall–Kier alpha value is -1.34. The van der Waals surface area contributed by atoms with E-state index >= 15 is 0 Å². The molecule has 1 N–H and O–H groups in total. The first-order chi connectivity index (χ1) is 15.1. The van der Waals surface area contributed by atoms with Crippen LogP contribution >= 0.6 is 11.6 Å². The van der Waals surface area contributed by atoms with Crippen LogP contribution in [0.2, 0.25) is 5.02 Å². The molecule has 2 rings (SSSR count). The van der Waals surface area contributed by atoms with Crippen LogP contribution in [0.5, 0.6) is 5.75 Å². The summed E-state index contributed by atoms with van der Waals surface area (Å²) < 4.78 is 7.74. The number of ether oxygens (including phenoxy) is 1. The Morgan fingerprint density at radius 1 is 0.938 bits per heavy atom. The van der Waals surface area contributed by atoms with Gasteiger partial charge in [-0.25, -0.2) is 4.57 Å².